The summed E-state index contributed by atoms with van der Waals surface area (Å²) >= 11 is 0. The Kier molecular flexibility index (Phi) is 5.84. The van der Waals surface area contributed by atoms with Gasteiger partial charge in [-0.05, 0) is 0 Å². The van der Waals surface area contributed by atoms with Gasteiger partial charge in [-0.25, -0.2) is 23.2 Å². The van der Waals surface area contributed by atoms with Crippen LogP contribution in [0.25, 0.3) is 11.2 Å². The second-order valence-corrected chi connectivity index (χ2v) is 11.2. The number of nitrogens with zero attached hydrogens (tertiary/aromatic N) is 4. The molecular formula is C11H17N5O13P3+. The minimum atomic E-state index is -5.70. The van der Waals surface area contributed by atoms with E-state index in [-0.39, 0.29) is 5.65 Å². The normalized spacial score (nSPS) is 28.9. The van der Waals surface area contributed by atoms with Crippen molar-refractivity contribution in [1.82, 2.24) is 14.5 Å². The number of fused-ring (bicyclic) bond motifs is 2. The van der Waals surface area contributed by atoms with Crippen molar-refractivity contribution in [1.29, 1.82) is 0 Å². The van der Waals surface area contributed by atoms with Gasteiger partial charge in [0.1, 0.15) is 24.6 Å². The maximum absolute atomic E-state index is 11.8. The van der Waals surface area contributed by atoms with E-state index in [0.29, 0.717) is 23.7 Å². The molecule has 2 aromatic rings. The third-order valence-corrected chi connectivity index (χ3v) is 8.28. The second-order valence-electron chi connectivity index (χ2n) is 6.76. The highest BCUT2D eigenvalue weighted by Crippen LogP contribution is 2.66. The second kappa shape index (κ2) is 7.85. The monoisotopic (exact) mass is 520 g/mol. The molecule has 2 aromatic heterocycles. The number of aliphatic hydroxyl groups excluding tert-OH is 2. The van der Waals surface area contributed by atoms with Crippen molar-refractivity contribution in [2.75, 3.05) is 12.3 Å². The van der Waals surface area contributed by atoms with Crippen molar-refractivity contribution < 1.29 is 65.9 Å². The zero-order chi connectivity index (χ0) is 23.6. The molecule has 0 aliphatic carbocycles. The highest BCUT2D eigenvalue weighted by Gasteiger charge is 2.47. The van der Waals surface area contributed by atoms with Gasteiger partial charge in [0.25, 0.3) is 11.6 Å². The zero-order valence-corrected chi connectivity index (χ0v) is 18.2. The lowest BCUT2D eigenvalue weighted by molar-refractivity contribution is -0.557. The molecule has 178 valence electrons. The minimum Gasteiger partial charge on any atom is -0.387 e. The quantitative estimate of drug-likeness (QED) is 0.121. The molecule has 8 N–H and O–H groups in total. The predicted octanol–water partition coefficient (Wildman–Crippen LogP) is -2.37. The average molecular weight is 520 g/mol. The smallest absolute Gasteiger partial charge is 0.387 e. The molecule has 32 heavy (non-hydrogen) atoms. The van der Waals surface area contributed by atoms with Gasteiger partial charge < -0.3 is 40.3 Å². The molecule has 2 unspecified atom stereocenters. The lowest BCUT2D eigenvalue weighted by Crippen LogP contribution is -2.33. The first-order chi connectivity index (χ1) is 14.7. The van der Waals surface area contributed by atoms with Gasteiger partial charge in [-0.15, -0.1) is 0 Å². The van der Waals surface area contributed by atoms with Crippen molar-refractivity contribution in [3.05, 3.63) is 12.2 Å². The average Bonchev–Trinajstić information content (AvgIpc) is 3.20. The summed E-state index contributed by atoms with van der Waals surface area (Å²) in [6, 6.07) is 0. The van der Waals surface area contributed by atoms with Gasteiger partial charge in [-0.2, -0.15) is 8.62 Å². The molecule has 6 atom stereocenters. The standard InChI is InChI=1S/C11H16N5O13P3/c12-9-6-10(14-5-1-15(5)9)16(3-13-6)11-8(18)7(17)4(27-11)2-26-31(22,23)29-32(24,25)28-30(19,20)21/h3-4,7-8,11-12,17-18H,1-2H2,(H4,19,20,21,22,23,24,25)/p+1/t4-,7-,8-,11-,15?/m1/s1. The van der Waals surface area contributed by atoms with Gasteiger partial charge in [-0.3, -0.25) is 9.09 Å². The fourth-order valence-electron chi connectivity index (χ4n) is 3.08. The molecule has 1 saturated heterocycles. The molecular weight excluding hydrogens is 503 g/mol. The van der Waals surface area contributed by atoms with Gasteiger partial charge in [0.05, 0.1) is 6.61 Å². The maximum atomic E-state index is 11.8. The Labute approximate surface area is 177 Å². The number of imidazole rings is 1. The van der Waals surface area contributed by atoms with Crippen LogP contribution in [-0.2, 0) is 38.1 Å². The summed E-state index contributed by atoms with van der Waals surface area (Å²) in [5.74, 6) is 1.01. The number of rotatable bonds is 8. The molecule has 21 heteroatoms. The molecule has 0 radical (unpaired) electrons. The molecule has 2 aliphatic heterocycles. The number of aliphatic hydroxyl groups is 2. The fourth-order valence-corrected chi connectivity index (χ4v) is 6.11. The topological polar surface area (TPSA) is 270 Å². The molecule has 0 amide bonds. The molecule has 2 aliphatic rings. The lowest BCUT2D eigenvalue weighted by atomic mass is 10.1. The van der Waals surface area contributed by atoms with E-state index in [1.807, 2.05) is 0 Å². The van der Waals surface area contributed by atoms with E-state index in [1.165, 1.54) is 10.9 Å². The zero-order valence-electron chi connectivity index (χ0n) is 15.5. The summed E-state index contributed by atoms with van der Waals surface area (Å²) in [7, 11) is -16.7. The minimum absolute atomic E-state index is 0.260. The Morgan fingerprint density at radius 1 is 1.16 bits per heavy atom. The molecule has 4 heterocycles. The third kappa shape index (κ3) is 4.78. The summed E-state index contributed by atoms with van der Waals surface area (Å²) in [4.78, 5) is 44.1. The van der Waals surface area contributed by atoms with Crippen LogP contribution >= 0.6 is 23.5 Å². The lowest BCUT2D eigenvalue weighted by Gasteiger charge is -2.19. The van der Waals surface area contributed by atoms with Gasteiger partial charge >= 0.3 is 23.5 Å². The van der Waals surface area contributed by atoms with Crippen molar-refractivity contribution in [3.63, 3.8) is 0 Å². The number of anilines is 1. The SMILES string of the molecule is Nc1c2ncn([C@@H]3O[C@H](COP(=O)(O)OP(=O)(O)OP(=O)(O)O)[C@@H](O)[C@H]3O)c2nc2[n+]1C2. The van der Waals surface area contributed by atoms with Gasteiger partial charge in [0.15, 0.2) is 18.3 Å². The Morgan fingerprint density at radius 3 is 2.50 bits per heavy atom. The van der Waals surface area contributed by atoms with Crippen molar-refractivity contribution in [2.45, 2.75) is 31.1 Å². The number of nitrogen functional groups attached to an aromatic ring is 1. The van der Waals surface area contributed by atoms with Crippen molar-refractivity contribution in [2.24, 2.45) is 0 Å². The first-order valence-corrected chi connectivity index (χ1v) is 13.0. The van der Waals surface area contributed by atoms with Gasteiger partial charge in [-0.1, -0.05) is 4.98 Å². The number of phosphoric acid groups is 3. The van der Waals surface area contributed by atoms with Crippen LogP contribution in [0, 0.1) is 0 Å². The van der Waals surface area contributed by atoms with E-state index in [1.54, 1.807) is 4.57 Å². The fraction of sp³-hybridized carbons (Fsp3) is 0.545. The maximum Gasteiger partial charge on any atom is 0.490 e. The highest BCUT2D eigenvalue weighted by molar-refractivity contribution is 7.66. The summed E-state index contributed by atoms with van der Waals surface area (Å²) in [5.41, 5.74) is 6.54. The Hall–Kier alpha value is -1.36. The largest absolute Gasteiger partial charge is 0.490 e. The summed E-state index contributed by atoms with van der Waals surface area (Å²) in [5, 5.41) is 20.6. The first kappa shape index (κ1) is 23.8. The Balaban J connectivity index is 1.45. The number of aromatic nitrogens is 4. The van der Waals surface area contributed by atoms with Crippen LogP contribution in [0.3, 0.4) is 0 Å². The third-order valence-electron chi connectivity index (χ3n) is 4.47. The number of nitrogens with two attached hydrogens (primary N) is 1. The Bertz CT molecular complexity index is 1210. The van der Waals surface area contributed by atoms with E-state index in [2.05, 4.69) is 23.1 Å². The number of hydrogen-bond acceptors (Lipinski definition) is 12. The molecule has 4 rings (SSSR count). The summed E-state index contributed by atoms with van der Waals surface area (Å²) < 4.78 is 53.9. The van der Waals surface area contributed by atoms with Crippen LogP contribution in [0.4, 0.5) is 5.82 Å². The molecule has 0 bridgehead atoms. The van der Waals surface area contributed by atoms with Crippen molar-refractivity contribution in [3.8, 4) is 0 Å². The van der Waals surface area contributed by atoms with Crippen LogP contribution in [0.5, 0.6) is 0 Å². The molecule has 0 aromatic carbocycles. The first-order valence-electron chi connectivity index (χ1n) is 8.52. The van der Waals surface area contributed by atoms with Crippen LogP contribution in [0.15, 0.2) is 6.33 Å². The van der Waals surface area contributed by atoms with E-state index < -0.39 is 54.6 Å². The highest BCUT2D eigenvalue weighted by atomic mass is 31.3. The summed E-state index contributed by atoms with van der Waals surface area (Å²) in [6.45, 7) is -0.423. The number of phosphoric ester groups is 1. The van der Waals surface area contributed by atoms with Crippen LogP contribution < -0.4 is 10.3 Å². The van der Waals surface area contributed by atoms with E-state index in [9.17, 15) is 28.8 Å². The predicted molar refractivity (Wildman–Crippen MR) is 97.0 cm³/mol. The van der Waals surface area contributed by atoms with Crippen LogP contribution in [0.1, 0.15) is 12.1 Å². The van der Waals surface area contributed by atoms with E-state index >= 15 is 0 Å². The molecule has 0 spiro atoms. The number of hydrogen-bond donors (Lipinski definition) is 7. The van der Waals surface area contributed by atoms with Gasteiger partial charge in [0.2, 0.25) is 5.65 Å². The van der Waals surface area contributed by atoms with E-state index in [4.69, 9.17) is 25.2 Å². The van der Waals surface area contributed by atoms with Crippen LogP contribution in [-0.4, -0.2) is 69.2 Å². The molecule has 1 fully saturated rings. The van der Waals surface area contributed by atoms with E-state index in [0.717, 1.165) is 0 Å². The number of ether oxygens (including phenoxy) is 1. The Morgan fingerprint density at radius 2 is 1.84 bits per heavy atom. The van der Waals surface area contributed by atoms with Gasteiger partial charge in [0, 0.05) is 0 Å². The molecule has 18 nitrogen and oxygen atoms in total. The summed E-state index contributed by atoms with van der Waals surface area (Å²) in [6.07, 6.45) is -4.65. The van der Waals surface area contributed by atoms with Crippen LogP contribution in [0.2, 0.25) is 0 Å². The molecule has 0 saturated carbocycles. The van der Waals surface area contributed by atoms with Crippen molar-refractivity contribution >= 4 is 40.4 Å².